The minimum Gasteiger partial charge on any atom is -0.508 e. The third-order valence-corrected chi connectivity index (χ3v) is 6.61. The van der Waals surface area contributed by atoms with Crippen LogP contribution in [0.5, 0.6) is 11.5 Å². The Morgan fingerprint density at radius 2 is 1.16 bits per heavy atom. The molecule has 2 rings (SSSR count). The number of benzene rings is 2. The van der Waals surface area contributed by atoms with Crippen LogP contribution in [0.25, 0.3) is 0 Å². The average Bonchev–Trinajstić information content (AvgIpc) is 2.96. The lowest BCUT2D eigenvalue weighted by Crippen LogP contribution is -2.57. The molecule has 0 aromatic heterocycles. The quantitative estimate of drug-likeness (QED) is 0.0956. The van der Waals surface area contributed by atoms with Gasteiger partial charge in [-0.25, -0.2) is 4.79 Å². The topological polar surface area (TPSA) is 260 Å². The number of carbonyl (C=O) groups excluding carboxylic acids is 4. The Morgan fingerprint density at radius 3 is 1.67 bits per heavy atom. The van der Waals surface area contributed by atoms with Gasteiger partial charge in [0.15, 0.2) is 0 Å². The van der Waals surface area contributed by atoms with Crippen molar-refractivity contribution in [2.75, 3.05) is 6.54 Å². The Labute approximate surface area is 249 Å². The SMILES string of the molecule is NCCCCC(NC(=O)C(CCC(N)=O)NC(=O)C(Cc1ccc(O)cc1)NC(=O)C(N)Cc1ccc(O)cc1)C(=O)O. The average molecular weight is 601 g/mol. The Balaban J connectivity index is 2.24. The fourth-order valence-electron chi connectivity index (χ4n) is 4.18. The minimum atomic E-state index is -1.35. The molecule has 2 aromatic carbocycles. The second-order valence-electron chi connectivity index (χ2n) is 10.2. The van der Waals surface area contributed by atoms with Crippen molar-refractivity contribution in [3.63, 3.8) is 0 Å². The molecular formula is C29H40N6O8. The van der Waals surface area contributed by atoms with Crippen LogP contribution in [0.3, 0.4) is 0 Å². The van der Waals surface area contributed by atoms with Crippen LogP contribution in [0.15, 0.2) is 48.5 Å². The number of carbonyl (C=O) groups is 5. The number of primary amides is 1. The highest BCUT2D eigenvalue weighted by atomic mass is 16.4. The number of nitrogens with two attached hydrogens (primary N) is 3. The van der Waals surface area contributed by atoms with E-state index in [-0.39, 0.29) is 43.6 Å². The molecule has 4 atom stereocenters. The van der Waals surface area contributed by atoms with Crippen LogP contribution < -0.4 is 33.2 Å². The normalized spacial score (nSPS) is 13.6. The van der Waals surface area contributed by atoms with Crippen molar-refractivity contribution >= 4 is 29.6 Å². The molecule has 0 aliphatic heterocycles. The van der Waals surface area contributed by atoms with E-state index in [4.69, 9.17) is 17.2 Å². The first-order chi connectivity index (χ1) is 20.4. The zero-order valence-corrected chi connectivity index (χ0v) is 23.7. The van der Waals surface area contributed by atoms with Gasteiger partial charge in [-0.05, 0) is 74.0 Å². The van der Waals surface area contributed by atoms with Gasteiger partial charge in [-0.15, -0.1) is 0 Å². The molecule has 0 heterocycles. The zero-order chi connectivity index (χ0) is 31.9. The molecule has 0 spiro atoms. The first-order valence-corrected chi connectivity index (χ1v) is 13.8. The van der Waals surface area contributed by atoms with Crippen molar-refractivity contribution in [3.8, 4) is 11.5 Å². The van der Waals surface area contributed by atoms with Gasteiger partial charge in [-0.1, -0.05) is 24.3 Å². The van der Waals surface area contributed by atoms with E-state index in [9.17, 15) is 39.3 Å². The predicted molar refractivity (Wildman–Crippen MR) is 156 cm³/mol. The second kappa shape index (κ2) is 17.3. The van der Waals surface area contributed by atoms with Gasteiger partial charge in [-0.2, -0.15) is 0 Å². The number of phenols is 2. The highest BCUT2D eigenvalue weighted by Crippen LogP contribution is 2.14. The number of nitrogens with one attached hydrogen (secondary N) is 3. The summed E-state index contributed by atoms with van der Waals surface area (Å²) >= 11 is 0. The predicted octanol–water partition coefficient (Wildman–Crippen LogP) is -0.856. The number of amides is 4. The fourth-order valence-corrected chi connectivity index (χ4v) is 4.18. The van der Waals surface area contributed by atoms with Gasteiger partial charge in [0, 0.05) is 12.8 Å². The van der Waals surface area contributed by atoms with Crippen LogP contribution in [0, 0.1) is 0 Å². The van der Waals surface area contributed by atoms with Crippen LogP contribution in [-0.2, 0) is 36.8 Å². The van der Waals surface area contributed by atoms with Crippen LogP contribution >= 0.6 is 0 Å². The van der Waals surface area contributed by atoms with Gasteiger partial charge in [0.05, 0.1) is 6.04 Å². The number of hydrogen-bond donors (Lipinski definition) is 9. The molecular weight excluding hydrogens is 560 g/mol. The van der Waals surface area contributed by atoms with E-state index < -0.39 is 53.8 Å². The maximum absolute atomic E-state index is 13.5. The van der Waals surface area contributed by atoms with Crippen molar-refractivity contribution in [2.24, 2.45) is 17.2 Å². The molecule has 0 aliphatic carbocycles. The largest absolute Gasteiger partial charge is 0.508 e. The van der Waals surface area contributed by atoms with Crippen molar-refractivity contribution < 1.29 is 39.3 Å². The lowest BCUT2D eigenvalue weighted by atomic mass is 10.0. The molecule has 0 radical (unpaired) electrons. The molecule has 14 nitrogen and oxygen atoms in total. The molecule has 12 N–H and O–H groups in total. The minimum absolute atomic E-state index is 0.00709. The highest BCUT2D eigenvalue weighted by molar-refractivity contribution is 5.94. The van der Waals surface area contributed by atoms with E-state index in [2.05, 4.69) is 16.0 Å². The Hall–Kier alpha value is -4.69. The number of aliphatic carboxylic acids is 1. The Morgan fingerprint density at radius 1 is 0.674 bits per heavy atom. The highest BCUT2D eigenvalue weighted by Gasteiger charge is 2.30. The second-order valence-corrected chi connectivity index (χ2v) is 10.2. The molecule has 0 fully saturated rings. The third-order valence-electron chi connectivity index (χ3n) is 6.61. The summed E-state index contributed by atoms with van der Waals surface area (Å²) in [6, 6.07) is 7.10. The lowest BCUT2D eigenvalue weighted by Gasteiger charge is -2.25. The van der Waals surface area contributed by atoms with Crippen LogP contribution in [0.2, 0.25) is 0 Å². The molecule has 0 saturated heterocycles. The van der Waals surface area contributed by atoms with Crippen molar-refractivity contribution in [1.29, 1.82) is 0 Å². The zero-order valence-electron chi connectivity index (χ0n) is 23.7. The number of carboxylic acid groups (broad SMARTS) is 1. The van der Waals surface area contributed by atoms with Crippen molar-refractivity contribution in [2.45, 2.75) is 69.1 Å². The molecule has 43 heavy (non-hydrogen) atoms. The molecule has 4 amide bonds. The van der Waals surface area contributed by atoms with E-state index in [1.165, 1.54) is 24.3 Å². The van der Waals surface area contributed by atoms with Gasteiger partial charge < -0.3 is 48.5 Å². The number of unbranched alkanes of at least 4 members (excludes halogenated alkanes) is 1. The smallest absolute Gasteiger partial charge is 0.326 e. The molecule has 4 unspecified atom stereocenters. The van der Waals surface area contributed by atoms with Gasteiger partial charge in [0.1, 0.15) is 29.6 Å². The first kappa shape index (κ1) is 34.5. The van der Waals surface area contributed by atoms with Gasteiger partial charge in [0.2, 0.25) is 23.6 Å². The first-order valence-electron chi connectivity index (χ1n) is 13.8. The molecule has 2 aromatic rings. The van der Waals surface area contributed by atoms with E-state index in [1.807, 2.05) is 0 Å². The standard InChI is InChI=1S/C29H40N6O8/c30-14-2-1-3-23(29(42)43)34-27(40)22(12-13-25(32)38)33-28(41)24(16-18-6-10-20(37)11-7-18)35-26(39)21(31)15-17-4-8-19(36)9-5-17/h4-11,21-24,36-37H,1-3,12-16,30-31H2,(H2,32,38)(H,33,41)(H,34,40)(H,35,39)(H,42,43). The number of phenolic OH excluding ortho intramolecular Hbond substituents is 2. The third kappa shape index (κ3) is 12.4. The summed E-state index contributed by atoms with van der Waals surface area (Å²) in [4.78, 5) is 62.8. The number of aromatic hydroxyl groups is 2. The lowest BCUT2D eigenvalue weighted by molar-refractivity contribution is -0.142. The van der Waals surface area contributed by atoms with Gasteiger partial charge >= 0.3 is 5.97 Å². The van der Waals surface area contributed by atoms with Crippen LogP contribution in [0.1, 0.15) is 43.2 Å². The van der Waals surface area contributed by atoms with E-state index in [1.54, 1.807) is 24.3 Å². The Bertz CT molecular complexity index is 1240. The molecule has 234 valence electrons. The molecule has 0 bridgehead atoms. The molecule has 14 heteroatoms. The van der Waals surface area contributed by atoms with E-state index in [0.717, 1.165) is 0 Å². The molecule has 0 saturated carbocycles. The number of rotatable bonds is 18. The van der Waals surface area contributed by atoms with E-state index in [0.29, 0.717) is 30.5 Å². The van der Waals surface area contributed by atoms with Gasteiger partial charge in [0.25, 0.3) is 0 Å². The summed E-state index contributed by atoms with van der Waals surface area (Å²) < 4.78 is 0. The summed E-state index contributed by atoms with van der Waals surface area (Å²) in [7, 11) is 0. The fraction of sp³-hybridized carbons (Fsp3) is 0.414. The summed E-state index contributed by atoms with van der Waals surface area (Å²) in [6.07, 6.45) is 0.645. The Kier molecular flexibility index (Phi) is 13.9. The summed E-state index contributed by atoms with van der Waals surface area (Å²) in [5, 5.41) is 36.2. The van der Waals surface area contributed by atoms with E-state index >= 15 is 0 Å². The van der Waals surface area contributed by atoms with Crippen molar-refractivity contribution in [3.05, 3.63) is 59.7 Å². The maximum atomic E-state index is 13.5. The van der Waals surface area contributed by atoms with Crippen molar-refractivity contribution in [1.82, 2.24) is 16.0 Å². The van der Waals surface area contributed by atoms with Crippen LogP contribution in [-0.4, -0.2) is 75.6 Å². The number of carboxylic acids is 1. The summed E-state index contributed by atoms with van der Waals surface area (Å²) in [5.41, 5.74) is 18.0. The maximum Gasteiger partial charge on any atom is 0.326 e. The molecule has 0 aliphatic rings. The monoisotopic (exact) mass is 600 g/mol. The number of hydrogen-bond acceptors (Lipinski definition) is 9. The summed E-state index contributed by atoms with van der Waals surface area (Å²) in [6.45, 7) is 0.352. The summed E-state index contributed by atoms with van der Waals surface area (Å²) in [5.74, 6) is -4.27. The van der Waals surface area contributed by atoms with Gasteiger partial charge in [-0.3, -0.25) is 19.2 Å². The van der Waals surface area contributed by atoms with Crippen LogP contribution in [0.4, 0.5) is 0 Å².